The molecule has 1 atom stereocenters. The Labute approximate surface area is 136 Å². The standard InChI is InChI=1S/C17H25FO5/c1-20-11-12-21-14-23-17(5-3-2-4-10-19)13-22-16-8-6-15(18)7-9-16/h6-10,17H,2-5,11-14H2,1H3. The first-order valence-electron chi connectivity index (χ1n) is 7.76. The highest BCUT2D eigenvalue weighted by Gasteiger charge is 2.10. The maximum Gasteiger partial charge on any atom is 0.147 e. The van der Waals surface area contributed by atoms with Gasteiger partial charge in [-0.05, 0) is 37.1 Å². The molecule has 0 aromatic heterocycles. The molecule has 5 nitrogen and oxygen atoms in total. The number of benzene rings is 1. The highest BCUT2D eigenvalue weighted by Crippen LogP contribution is 2.14. The van der Waals surface area contributed by atoms with E-state index in [9.17, 15) is 9.18 Å². The van der Waals surface area contributed by atoms with E-state index in [4.69, 9.17) is 18.9 Å². The van der Waals surface area contributed by atoms with Gasteiger partial charge < -0.3 is 23.7 Å². The number of methoxy groups -OCH3 is 1. The first kappa shape index (κ1) is 19.5. The van der Waals surface area contributed by atoms with E-state index >= 15 is 0 Å². The molecule has 0 bridgehead atoms. The van der Waals surface area contributed by atoms with Crippen LogP contribution in [0.3, 0.4) is 0 Å². The molecule has 0 spiro atoms. The lowest BCUT2D eigenvalue weighted by Crippen LogP contribution is -2.23. The first-order valence-corrected chi connectivity index (χ1v) is 7.76. The van der Waals surface area contributed by atoms with Gasteiger partial charge >= 0.3 is 0 Å². The minimum Gasteiger partial charge on any atom is -0.491 e. The van der Waals surface area contributed by atoms with Crippen LogP contribution in [0, 0.1) is 5.82 Å². The number of hydrogen-bond acceptors (Lipinski definition) is 5. The molecule has 0 fully saturated rings. The van der Waals surface area contributed by atoms with Crippen molar-refractivity contribution in [2.45, 2.75) is 31.8 Å². The lowest BCUT2D eigenvalue weighted by molar-refractivity contribution is -0.110. The van der Waals surface area contributed by atoms with E-state index in [0.717, 1.165) is 25.5 Å². The number of hydrogen-bond donors (Lipinski definition) is 0. The van der Waals surface area contributed by atoms with Crippen molar-refractivity contribution in [2.75, 3.05) is 33.7 Å². The summed E-state index contributed by atoms with van der Waals surface area (Å²) in [4.78, 5) is 10.3. The summed E-state index contributed by atoms with van der Waals surface area (Å²) in [5.74, 6) is 0.291. The third-order valence-corrected chi connectivity index (χ3v) is 3.17. The lowest BCUT2D eigenvalue weighted by atomic mass is 10.1. The molecule has 0 N–H and O–H groups in total. The monoisotopic (exact) mass is 328 g/mol. The Morgan fingerprint density at radius 2 is 1.96 bits per heavy atom. The molecule has 0 aliphatic rings. The number of aldehydes is 1. The van der Waals surface area contributed by atoms with Crippen LogP contribution >= 0.6 is 0 Å². The lowest BCUT2D eigenvalue weighted by Gasteiger charge is -2.18. The topological polar surface area (TPSA) is 54.0 Å². The molecule has 0 amide bonds. The highest BCUT2D eigenvalue weighted by molar-refractivity contribution is 5.48. The molecule has 0 saturated heterocycles. The number of rotatable bonds is 14. The number of carbonyl (C=O) groups is 1. The Kier molecular flexibility index (Phi) is 11.0. The minimum atomic E-state index is -0.300. The van der Waals surface area contributed by atoms with Gasteiger partial charge in [0.15, 0.2) is 0 Å². The van der Waals surface area contributed by atoms with Gasteiger partial charge in [0.2, 0.25) is 0 Å². The van der Waals surface area contributed by atoms with E-state index in [2.05, 4.69) is 0 Å². The quantitative estimate of drug-likeness (QED) is 0.298. The molecule has 0 radical (unpaired) electrons. The largest absolute Gasteiger partial charge is 0.491 e. The molecular formula is C17H25FO5. The summed E-state index contributed by atoms with van der Waals surface area (Å²) in [6.45, 7) is 1.49. The Hall–Kier alpha value is -1.50. The first-order chi connectivity index (χ1) is 11.3. The second-order valence-electron chi connectivity index (χ2n) is 5.02. The summed E-state index contributed by atoms with van der Waals surface area (Å²) < 4.78 is 34.3. The third kappa shape index (κ3) is 9.99. The summed E-state index contributed by atoms with van der Waals surface area (Å²) in [5.41, 5.74) is 0. The van der Waals surface area contributed by atoms with Gasteiger partial charge in [-0.2, -0.15) is 0 Å². The number of ether oxygens (including phenoxy) is 4. The molecule has 1 rings (SSSR count). The maximum atomic E-state index is 12.9. The molecule has 23 heavy (non-hydrogen) atoms. The van der Waals surface area contributed by atoms with Crippen molar-refractivity contribution in [2.24, 2.45) is 0 Å². The summed E-state index contributed by atoms with van der Waals surface area (Å²) in [5, 5.41) is 0. The fraction of sp³-hybridized carbons (Fsp3) is 0.588. The van der Waals surface area contributed by atoms with Gasteiger partial charge in [0, 0.05) is 13.5 Å². The van der Waals surface area contributed by atoms with Crippen LogP contribution in [0.25, 0.3) is 0 Å². The zero-order valence-electron chi connectivity index (χ0n) is 13.5. The second-order valence-corrected chi connectivity index (χ2v) is 5.02. The Morgan fingerprint density at radius 3 is 2.65 bits per heavy atom. The van der Waals surface area contributed by atoms with E-state index in [1.54, 1.807) is 19.2 Å². The van der Waals surface area contributed by atoms with Crippen molar-refractivity contribution < 1.29 is 28.1 Å². The van der Waals surface area contributed by atoms with Crippen LogP contribution in [0.5, 0.6) is 5.75 Å². The van der Waals surface area contributed by atoms with Crippen molar-refractivity contribution in [3.63, 3.8) is 0 Å². The van der Waals surface area contributed by atoms with Crippen molar-refractivity contribution in [3.8, 4) is 5.75 Å². The zero-order chi connectivity index (χ0) is 16.8. The molecular weight excluding hydrogens is 303 g/mol. The predicted octanol–water partition coefficient (Wildman–Crippen LogP) is 2.97. The van der Waals surface area contributed by atoms with E-state index in [0.29, 0.717) is 32.0 Å². The Morgan fingerprint density at radius 1 is 1.17 bits per heavy atom. The van der Waals surface area contributed by atoms with Crippen LogP contribution in [0.4, 0.5) is 4.39 Å². The summed E-state index contributed by atoms with van der Waals surface area (Å²) in [6, 6.07) is 5.86. The normalized spacial score (nSPS) is 12.1. The van der Waals surface area contributed by atoms with Gasteiger partial charge in [-0.1, -0.05) is 6.42 Å². The SMILES string of the molecule is COCCOCOC(CCCCC=O)COc1ccc(F)cc1. The second kappa shape index (κ2) is 13.0. The van der Waals surface area contributed by atoms with Crippen LogP contribution in [-0.4, -0.2) is 46.1 Å². The summed E-state index contributed by atoms with van der Waals surface area (Å²) in [7, 11) is 1.61. The van der Waals surface area contributed by atoms with Gasteiger partial charge in [0.25, 0.3) is 0 Å². The number of carbonyl (C=O) groups excluding carboxylic acids is 1. The van der Waals surface area contributed by atoms with Crippen LogP contribution in [0.15, 0.2) is 24.3 Å². The highest BCUT2D eigenvalue weighted by atomic mass is 19.1. The summed E-state index contributed by atoms with van der Waals surface area (Å²) in [6.07, 6.45) is 3.78. The molecule has 0 heterocycles. The van der Waals surface area contributed by atoms with Gasteiger partial charge in [0.05, 0.1) is 19.3 Å². The average Bonchev–Trinajstić information content (AvgIpc) is 2.57. The fourth-order valence-corrected chi connectivity index (χ4v) is 1.88. The van der Waals surface area contributed by atoms with Crippen LogP contribution in [0.1, 0.15) is 25.7 Å². The van der Waals surface area contributed by atoms with E-state index in [1.807, 2.05) is 0 Å². The number of halogens is 1. The maximum absolute atomic E-state index is 12.9. The summed E-state index contributed by atoms with van der Waals surface area (Å²) >= 11 is 0. The van der Waals surface area contributed by atoms with Crippen molar-refractivity contribution in [1.82, 2.24) is 0 Å². The Balaban J connectivity index is 2.32. The molecule has 1 unspecified atom stereocenters. The van der Waals surface area contributed by atoms with Crippen LogP contribution < -0.4 is 4.74 Å². The van der Waals surface area contributed by atoms with Crippen LogP contribution in [-0.2, 0) is 19.0 Å². The molecule has 1 aromatic carbocycles. The Bertz CT molecular complexity index is 410. The zero-order valence-corrected chi connectivity index (χ0v) is 13.5. The molecule has 1 aromatic rings. The van der Waals surface area contributed by atoms with Gasteiger partial charge in [0.1, 0.15) is 31.3 Å². The van der Waals surface area contributed by atoms with E-state index in [1.165, 1.54) is 12.1 Å². The molecule has 0 aliphatic heterocycles. The minimum absolute atomic E-state index is 0.144. The van der Waals surface area contributed by atoms with E-state index < -0.39 is 0 Å². The smallest absolute Gasteiger partial charge is 0.147 e. The molecule has 6 heteroatoms. The van der Waals surface area contributed by atoms with Crippen LogP contribution in [0.2, 0.25) is 0 Å². The van der Waals surface area contributed by atoms with Crippen molar-refractivity contribution in [1.29, 1.82) is 0 Å². The van der Waals surface area contributed by atoms with Crippen molar-refractivity contribution in [3.05, 3.63) is 30.1 Å². The third-order valence-electron chi connectivity index (χ3n) is 3.17. The predicted molar refractivity (Wildman–Crippen MR) is 84.0 cm³/mol. The average molecular weight is 328 g/mol. The van der Waals surface area contributed by atoms with Crippen molar-refractivity contribution >= 4 is 6.29 Å². The number of unbranched alkanes of at least 4 members (excludes halogenated alkanes) is 2. The molecule has 0 saturated carbocycles. The van der Waals surface area contributed by atoms with E-state index in [-0.39, 0.29) is 18.7 Å². The molecule has 0 aliphatic carbocycles. The van der Waals surface area contributed by atoms with Gasteiger partial charge in [-0.25, -0.2) is 4.39 Å². The molecule has 130 valence electrons. The van der Waals surface area contributed by atoms with Gasteiger partial charge in [-0.15, -0.1) is 0 Å². The van der Waals surface area contributed by atoms with Gasteiger partial charge in [-0.3, -0.25) is 0 Å². The fourth-order valence-electron chi connectivity index (χ4n) is 1.88.